The Morgan fingerprint density at radius 3 is 2.97 bits per heavy atom. The summed E-state index contributed by atoms with van der Waals surface area (Å²) in [5.41, 5.74) is 1.61. The van der Waals surface area contributed by atoms with Gasteiger partial charge < -0.3 is 20.5 Å². The van der Waals surface area contributed by atoms with Gasteiger partial charge in [0.25, 0.3) is 5.56 Å². The van der Waals surface area contributed by atoms with Crippen molar-refractivity contribution in [2.45, 2.75) is 51.7 Å². The molecular formula is C21H29ClFN5O. The van der Waals surface area contributed by atoms with Crippen molar-refractivity contribution >= 4 is 17.4 Å². The summed E-state index contributed by atoms with van der Waals surface area (Å²) in [6.07, 6.45) is 6.41. The van der Waals surface area contributed by atoms with E-state index in [1.807, 2.05) is 6.92 Å². The van der Waals surface area contributed by atoms with E-state index in [9.17, 15) is 9.18 Å². The van der Waals surface area contributed by atoms with Gasteiger partial charge in [-0.3, -0.25) is 4.79 Å². The van der Waals surface area contributed by atoms with E-state index in [0.29, 0.717) is 31.5 Å². The molecule has 158 valence electrons. The molecule has 6 nitrogen and oxygen atoms in total. The van der Waals surface area contributed by atoms with Crippen molar-refractivity contribution in [2.75, 3.05) is 25.0 Å². The van der Waals surface area contributed by atoms with Crippen LogP contribution in [0, 0.1) is 12.7 Å². The number of nitrogens with zero attached hydrogens (tertiary/aromatic N) is 2. The van der Waals surface area contributed by atoms with E-state index in [1.165, 1.54) is 25.3 Å². The Balaban J connectivity index is 1.50. The van der Waals surface area contributed by atoms with Crippen LogP contribution in [0.5, 0.6) is 0 Å². The minimum atomic E-state index is -0.423. The minimum absolute atomic E-state index is 0.103. The molecule has 29 heavy (non-hydrogen) atoms. The highest BCUT2D eigenvalue weighted by molar-refractivity contribution is 6.30. The molecule has 3 N–H and O–H groups in total. The van der Waals surface area contributed by atoms with Crippen molar-refractivity contribution in [3.63, 3.8) is 0 Å². The first-order valence-corrected chi connectivity index (χ1v) is 10.6. The predicted molar refractivity (Wildman–Crippen MR) is 115 cm³/mol. The lowest BCUT2D eigenvalue weighted by molar-refractivity contribution is 0.388. The molecule has 3 rings (SSSR count). The number of aryl methyl sites for hydroxylation is 1. The van der Waals surface area contributed by atoms with E-state index in [4.69, 9.17) is 11.6 Å². The molecule has 1 aromatic heterocycles. The number of halogens is 2. The van der Waals surface area contributed by atoms with Crippen LogP contribution >= 0.6 is 11.6 Å². The largest absolute Gasteiger partial charge is 0.365 e. The third-order valence-electron chi connectivity index (χ3n) is 5.28. The summed E-state index contributed by atoms with van der Waals surface area (Å²) < 4.78 is 14.9. The molecule has 1 fully saturated rings. The number of hydrogen-bond acceptors (Lipinski definition) is 5. The van der Waals surface area contributed by atoms with Crippen LogP contribution in [0.4, 0.5) is 10.2 Å². The lowest BCUT2D eigenvalue weighted by atomic mass is 10.0. The third-order valence-corrected chi connectivity index (χ3v) is 5.57. The molecule has 1 unspecified atom stereocenters. The summed E-state index contributed by atoms with van der Waals surface area (Å²) >= 11 is 5.81. The molecule has 2 heterocycles. The monoisotopic (exact) mass is 421 g/mol. The molecule has 0 bridgehead atoms. The van der Waals surface area contributed by atoms with Crippen molar-refractivity contribution < 1.29 is 4.39 Å². The first-order chi connectivity index (χ1) is 14.0. The van der Waals surface area contributed by atoms with E-state index in [0.717, 1.165) is 30.8 Å². The summed E-state index contributed by atoms with van der Waals surface area (Å²) in [5.74, 6) is -0.0228. The quantitative estimate of drug-likeness (QED) is 0.543. The molecule has 0 spiro atoms. The Kier molecular flexibility index (Phi) is 8.03. The highest BCUT2D eigenvalue weighted by atomic mass is 35.5. The van der Waals surface area contributed by atoms with E-state index >= 15 is 0 Å². The fourth-order valence-corrected chi connectivity index (χ4v) is 3.78. The zero-order valence-corrected chi connectivity index (χ0v) is 17.6. The highest BCUT2D eigenvalue weighted by Gasteiger charge is 2.13. The molecule has 0 radical (unpaired) electrons. The molecule has 1 aliphatic rings. The molecule has 0 amide bonds. The Hall–Kier alpha value is -1.96. The fraction of sp³-hybridized carbons (Fsp3) is 0.524. The van der Waals surface area contributed by atoms with Gasteiger partial charge in [0.2, 0.25) is 0 Å². The average Bonchev–Trinajstić information content (AvgIpc) is 2.72. The molecule has 1 atom stereocenters. The van der Waals surface area contributed by atoms with Crippen molar-refractivity contribution in [1.29, 1.82) is 0 Å². The summed E-state index contributed by atoms with van der Waals surface area (Å²) in [4.78, 5) is 17.0. The van der Waals surface area contributed by atoms with E-state index in [1.54, 1.807) is 22.9 Å². The lowest BCUT2D eigenvalue weighted by Gasteiger charge is -2.23. The standard InChI is InChI=1S/C21H29ClFN5O/c1-15-13-27-20(26-9-7-17-4-2-3-8-25-17)21(29)28(15)11-10-24-14-16-5-6-19(23)18(22)12-16/h5-6,12-13,17,24-25H,2-4,7-11,14H2,1H3,(H,26,27). The molecule has 1 aromatic carbocycles. The van der Waals surface area contributed by atoms with Gasteiger partial charge in [-0.25, -0.2) is 9.37 Å². The van der Waals surface area contributed by atoms with Crippen LogP contribution in [0.1, 0.15) is 36.9 Å². The van der Waals surface area contributed by atoms with Crippen molar-refractivity contribution in [1.82, 2.24) is 20.2 Å². The van der Waals surface area contributed by atoms with Crippen LogP contribution in [-0.4, -0.2) is 35.2 Å². The maximum Gasteiger partial charge on any atom is 0.293 e. The number of aromatic nitrogens is 2. The highest BCUT2D eigenvalue weighted by Crippen LogP contribution is 2.15. The Morgan fingerprint density at radius 2 is 2.21 bits per heavy atom. The lowest BCUT2D eigenvalue weighted by Crippen LogP contribution is -2.36. The van der Waals surface area contributed by atoms with Crippen molar-refractivity contribution in [3.8, 4) is 0 Å². The Bertz CT molecular complexity index is 867. The molecule has 0 aliphatic carbocycles. The van der Waals surface area contributed by atoms with Gasteiger partial charge in [0.1, 0.15) is 5.82 Å². The van der Waals surface area contributed by atoms with Crippen LogP contribution in [0.15, 0.2) is 29.2 Å². The molecule has 1 saturated heterocycles. The first kappa shape index (κ1) is 21.7. The van der Waals surface area contributed by atoms with E-state index in [2.05, 4.69) is 20.9 Å². The molecule has 2 aromatic rings. The normalized spacial score (nSPS) is 16.7. The Morgan fingerprint density at radius 1 is 1.34 bits per heavy atom. The predicted octanol–water partition coefficient (Wildman–Crippen LogP) is 3.08. The maximum absolute atomic E-state index is 13.2. The number of anilines is 1. The minimum Gasteiger partial charge on any atom is -0.365 e. The van der Waals surface area contributed by atoms with Crippen LogP contribution in [0.3, 0.4) is 0 Å². The van der Waals surface area contributed by atoms with Gasteiger partial charge in [-0.2, -0.15) is 0 Å². The summed E-state index contributed by atoms with van der Waals surface area (Å²) in [6.45, 7) is 5.37. The van der Waals surface area contributed by atoms with E-state index in [-0.39, 0.29) is 10.6 Å². The topological polar surface area (TPSA) is 71.0 Å². The van der Waals surface area contributed by atoms with E-state index < -0.39 is 5.82 Å². The molecular weight excluding hydrogens is 393 g/mol. The number of benzene rings is 1. The number of nitrogens with one attached hydrogen (secondary N) is 3. The molecule has 1 aliphatic heterocycles. The smallest absolute Gasteiger partial charge is 0.293 e. The second-order valence-electron chi connectivity index (χ2n) is 7.49. The number of rotatable bonds is 9. The third kappa shape index (κ3) is 6.26. The van der Waals surface area contributed by atoms with Crippen molar-refractivity contribution in [2.24, 2.45) is 0 Å². The van der Waals surface area contributed by atoms with Crippen LogP contribution < -0.4 is 21.5 Å². The van der Waals surface area contributed by atoms with Crippen molar-refractivity contribution in [3.05, 3.63) is 56.8 Å². The van der Waals surface area contributed by atoms with Crippen LogP contribution in [0.25, 0.3) is 0 Å². The van der Waals surface area contributed by atoms with Crippen LogP contribution in [-0.2, 0) is 13.1 Å². The Labute approximate surface area is 175 Å². The number of hydrogen-bond donors (Lipinski definition) is 3. The fourth-order valence-electron chi connectivity index (χ4n) is 3.58. The SMILES string of the molecule is Cc1cnc(NCCC2CCCCN2)c(=O)n1CCNCc1ccc(F)c(Cl)c1. The van der Waals surface area contributed by atoms with Gasteiger partial charge in [-0.05, 0) is 50.4 Å². The van der Waals surface area contributed by atoms with Crippen LogP contribution in [0.2, 0.25) is 5.02 Å². The zero-order valence-electron chi connectivity index (χ0n) is 16.8. The second-order valence-corrected chi connectivity index (χ2v) is 7.90. The second kappa shape index (κ2) is 10.7. The summed E-state index contributed by atoms with van der Waals surface area (Å²) in [6, 6.07) is 5.18. The van der Waals surface area contributed by atoms with Gasteiger partial charge in [0.05, 0.1) is 5.02 Å². The summed E-state index contributed by atoms with van der Waals surface area (Å²) in [7, 11) is 0. The zero-order chi connectivity index (χ0) is 20.6. The van der Waals surface area contributed by atoms with Gasteiger partial charge in [0, 0.05) is 44.1 Å². The van der Waals surface area contributed by atoms with Gasteiger partial charge in [-0.1, -0.05) is 24.1 Å². The first-order valence-electron chi connectivity index (χ1n) is 10.2. The molecule has 8 heteroatoms. The summed E-state index contributed by atoms with van der Waals surface area (Å²) in [5, 5.41) is 10.1. The van der Waals surface area contributed by atoms with Gasteiger partial charge >= 0.3 is 0 Å². The number of piperidine rings is 1. The van der Waals surface area contributed by atoms with Gasteiger partial charge in [-0.15, -0.1) is 0 Å². The van der Waals surface area contributed by atoms with Gasteiger partial charge in [0.15, 0.2) is 5.82 Å². The average molecular weight is 422 g/mol. The molecule has 0 saturated carbocycles. The maximum atomic E-state index is 13.2.